The highest BCUT2D eigenvalue weighted by atomic mass is 32.2. The van der Waals surface area contributed by atoms with Crippen LogP contribution in [0.25, 0.3) is 11.1 Å². The van der Waals surface area contributed by atoms with E-state index in [4.69, 9.17) is 4.42 Å². The van der Waals surface area contributed by atoms with Crippen LogP contribution in [0.3, 0.4) is 0 Å². The molecule has 0 amide bonds. The minimum Gasteiger partial charge on any atom is -0.408 e. The molecule has 154 valence electrons. The lowest BCUT2D eigenvalue weighted by atomic mass is 10.2. The number of aromatic nitrogens is 3. The molecule has 2 heterocycles. The lowest BCUT2D eigenvalue weighted by molar-refractivity contribution is 0.528. The van der Waals surface area contributed by atoms with Gasteiger partial charge in [-0.15, -0.1) is 0 Å². The number of fused-ring (bicyclic) bond motifs is 1. The van der Waals surface area contributed by atoms with E-state index in [0.29, 0.717) is 28.6 Å². The number of rotatable bonds is 5. The Morgan fingerprint density at radius 1 is 1.03 bits per heavy atom. The van der Waals surface area contributed by atoms with Gasteiger partial charge in [0.05, 0.1) is 10.4 Å². The quantitative estimate of drug-likeness (QED) is 0.501. The van der Waals surface area contributed by atoms with Gasteiger partial charge in [-0.25, -0.2) is 18.2 Å². The van der Waals surface area contributed by atoms with Gasteiger partial charge in [0.2, 0.25) is 5.95 Å². The maximum Gasteiger partial charge on any atom is 0.419 e. The number of nitrogens with zero attached hydrogens (tertiary/aromatic N) is 3. The average molecular weight is 425 g/mol. The van der Waals surface area contributed by atoms with Crippen LogP contribution in [0.2, 0.25) is 0 Å². The zero-order valence-corrected chi connectivity index (χ0v) is 17.3. The molecule has 0 aliphatic carbocycles. The first-order valence-corrected chi connectivity index (χ1v) is 10.9. The van der Waals surface area contributed by atoms with E-state index in [1.165, 1.54) is 16.7 Å². The number of oxazole rings is 1. The molecule has 4 rings (SSSR count). The van der Waals surface area contributed by atoms with Crippen LogP contribution in [-0.2, 0) is 16.9 Å². The van der Waals surface area contributed by atoms with Crippen molar-refractivity contribution in [3.63, 3.8) is 0 Å². The van der Waals surface area contributed by atoms with Crippen molar-refractivity contribution < 1.29 is 12.8 Å². The van der Waals surface area contributed by atoms with E-state index < -0.39 is 15.6 Å². The molecule has 0 unspecified atom stereocenters. The number of nitrogens with one attached hydrogen (secondary N) is 2. The van der Waals surface area contributed by atoms with Gasteiger partial charge >= 0.3 is 5.76 Å². The highest BCUT2D eigenvalue weighted by Crippen LogP contribution is 2.24. The maximum absolute atomic E-state index is 11.7. The Balaban J connectivity index is 1.59. The van der Waals surface area contributed by atoms with Crippen LogP contribution < -0.4 is 16.4 Å². The van der Waals surface area contributed by atoms with Gasteiger partial charge in [-0.1, -0.05) is 0 Å². The third kappa shape index (κ3) is 3.90. The first-order valence-electron chi connectivity index (χ1n) is 8.98. The highest BCUT2D eigenvalue weighted by Gasteiger charge is 2.10. The summed E-state index contributed by atoms with van der Waals surface area (Å²) in [6.07, 6.45) is 2.84. The van der Waals surface area contributed by atoms with Gasteiger partial charge in [0, 0.05) is 36.4 Å². The summed E-state index contributed by atoms with van der Waals surface area (Å²) >= 11 is 0. The molecule has 0 saturated carbocycles. The van der Waals surface area contributed by atoms with E-state index in [2.05, 4.69) is 20.6 Å². The molecule has 0 bridgehead atoms. The van der Waals surface area contributed by atoms with Gasteiger partial charge in [-0.05, 0) is 49.4 Å². The zero-order chi connectivity index (χ0) is 21.5. The number of anilines is 4. The summed E-state index contributed by atoms with van der Waals surface area (Å²) in [7, 11) is -1.61. The number of hydrogen-bond donors (Lipinski definition) is 2. The van der Waals surface area contributed by atoms with Crippen molar-refractivity contribution >= 4 is 44.1 Å². The standard InChI is InChI=1S/C20H19N5O4S/c1-12-11-21-19(23-13-4-7-15(8-5-13)30(3,27)28)24-18(12)22-14-6-9-17-16(10-14)25(2)20(26)29-17/h4-11H,1-3H3,(H2,21,22,23,24). The third-order valence-electron chi connectivity index (χ3n) is 4.56. The average Bonchev–Trinajstić information content (AvgIpc) is 2.98. The molecule has 2 N–H and O–H groups in total. The summed E-state index contributed by atoms with van der Waals surface area (Å²) in [6.45, 7) is 1.87. The van der Waals surface area contributed by atoms with Crippen LogP contribution in [0.1, 0.15) is 5.56 Å². The molecule has 0 radical (unpaired) electrons. The number of hydrogen-bond acceptors (Lipinski definition) is 8. The van der Waals surface area contributed by atoms with Crippen molar-refractivity contribution in [2.24, 2.45) is 7.05 Å². The predicted molar refractivity (Wildman–Crippen MR) is 114 cm³/mol. The molecular formula is C20H19N5O4S. The van der Waals surface area contributed by atoms with Crippen LogP contribution in [0.15, 0.2) is 62.8 Å². The van der Waals surface area contributed by atoms with E-state index >= 15 is 0 Å². The topological polar surface area (TPSA) is 119 Å². The van der Waals surface area contributed by atoms with Gasteiger partial charge in [-0.2, -0.15) is 4.98 Å². The van der Waals surface area contributed by atoms with Crippen molar-refractivity contribution in [3.8, 4) is 0 Å². The number of benzene rings is 2. The van der Waals surface area contributed by atoms with E-state index in [0.717, 1.165) is 17.5 Å². The Bertz CT molecular complexity index is 1410. The number of sulfone groups is 1. The van der Waals surface area contributed by atoms with Gasteiger partial charge in [0.25, 0.3) is 0 Å². The maximum atomic E-state index is 11.7. The molecule has 10 heteroatoms. The van der Waals surface area contributed by atoms with Crippen LogP contribution in [0.5, 0.6) is 0 Å². The molecule has 30 heavy (non-hydrogen) atoms. The smallest absolute Gasteiger partial charge is 0.408 e. The van der Waals surface area contributed by atoms with Gasteiger partial charge in [-0.3, -0.25) is 4.57 Å². The highest BCUT2D eigenvalue weighted by molar-refractivity contribution is 7.90. The van der Waals surface area contributed by atoms with Crippen molar-refractivity contribution in [2.75, 3.05) is 16.9 Å². The van der Waals surface area contributed by atoms with Crippen LogP contribution in [0, 0.1) is 6.92 Å². The molecule has 2 aromatic heterocycles. The Kier molecular flexibility index (Phi) is 4.78. The molecule has 0 spiro atoms. The summed E-state index contributed by atoms with van der Waals surface area (Å²) in [5, 5.41) is 6.29. The Morgan fingerprint density at radius 3 is 2.43 bits per heavy atom. The van der Waals surface area contributed by atoms with Crippen molar-refractivity contribution in [1.82, 2.24) is 14.5 Å². The molecule has 4 aromatic rings. The summed E-state index contributed by atoms with van der Waals surface area (Å²) < 4.78 is 29.7. The largest absolute Gasteiger partial charge is 0.419 e. The summed E-state index contributed by atoms with van der Waals surface area (Å²) in [5.74, 6) is 0.522. The monoisotopic (exact) mass is 425 g/mol. The van der Waals surface area contributed by atoms with E-state index in [1.54, 1.807) is 43.6 Å². The molecule has 0 atom stereocenters. The third-order valence-corrected chi connectivity index (χ3v) is 5.69. The van der Waals surface area contributed by atoms with Crippen LogP contribution >= 0.6 is 0 Å². The zero-order valence-electron chi connectivity index (χ0n) is 16.5. The fourth-order valence-electron chi connectivity index (χ4n) is 2.88. The van der Waals surface area contributed by atoms with Gasteiger partial charge in [0.15, 0.2) is 15.4 Å². The van der Waals surface area contributed by atoms with Crippen LogP contribution in [-0.4, -0.2) is 29.2 Å². The molecule has 9 nitrogen and oxygen atoms in total. The minimum absolute atomic E-state index is 0.240. The fraction of sp³-hybridized carbons (Fsp3) is 0.150. The first-order chi connectivity index (χ1) is 14.2. The Labute approximate surface area is 172 Å². The normalized spacial score (nSPS) is 11.6. The lowest BCUT2D eigenvalue weighted by Crippen LogP contribution is -2.08. The molecule has 0 saturated heterocycles. The predicted octanol–water partition coefficient (Wildman–Crippen LogP) is 3.12. The van der Waals surface area contributed by atoms with Gasteiger partial charge in [0.1, 0.15) is 5.82 Å². The molecule has 0 aliphatic heterocycles. The second-order valence-corrected chi connectivity index (χ2v) is 8.90. The Hall–Kier alpha value is -3.66. The van der Waals surface area contributed by atoms with Crippen molar-refractivity contribution in [1.29, 1.82) is 0 Å². The number of aryl methyl sites for hydroxylation is 2. The molecular weight excluding hydrogens is 406 g/mol. The van der Waals surface area contributed by atoms with Crippen LogP contribution in [0.4, 0.5) is 23.1 Å². The second kappa shape index (κ2) is 7.30. The van der Waals surface area contributed by atoms with E-state index in [1.807, 2.05) is 6.92 Å². The van der Waals surface area contributed by atoms with Crippen molar-refractivity contribution in [3.05, 3.63) is 64.8 Å². The SMILES string of the molecule is Cc1cnc(Nc2ccc(S(C)(=O)=O)cc2)nc1Nc1ccc2oc(=O)n(C)c2c1. The molecule has 2 aromatic carbocycles. The second-order valence-electron chi connectivity index (χ2n) is 6.88. The summed E-state index contributed by atoms with van der Waals surface area (Å²) in [4.78, 5) is 20.7. The molecule has 0 fully saturated rings. The Morgan fingerprint density at radius 2 is 1.73 bits per heavy atom. The van der Waals surface area contributed by atoms with E-state index in [-0.39, 0.29) is 4.90 Å². The summed E-state index contributed by atoms with van der Waals surface area (Å²) in [5.41, 5.74) is 3.40. The minimum atomic E-state index is -3.25. The molecule has 0 aliphatic rings. The summed E-state index contributed by atoms with van der Waals surface area (Å²) in [6, 6.07) is 11.7. The van der Waals surface area contributed by atoms with Gasteiger partial charge < -0.3 is 15.1 Å². The van der Waals surface area contributed by atoms with Crippen molar-refractivity contribution in [2.45, 2.75) is 11.8 Å². The van der Waals surface area contributed by atoms with E-state index in [9.17, 15) is 13.2 Å². The fourth-order valence-corrected chi connectivity index (χ4v) is 3.51. The lowest BCUT2D eigenvalue weighted by Gasteiger charge is -2.11. The first kappa shape index (κ1) is 19.6.